The number of rotatable bonds is 9. The van der Waals surface area contributed by atoms with Crippen LogP contribution >= 0.6 is 0 Å². The standard InChI is InChI=1S/C25H27FN2O4S/c1-4-24(19-7-13-22(32-3)14-8-19)27-25(29)17-28(21-11-9-20(26)10-12-21)33(30,31)23-15-5-18(2)6-16-23/h5-16,24H,4,17H2,1-3H3,(H,27,29)/t24-/m1/s1. The van der Waals surface area contributed by atoms with Gasteiger partial charge in [-0.25, -0.2) is 12.8 Å². The topological polar surface area (TPSA) is 75.7 Å². The SMILES string of the molecule is CC[C@@H](NC(=O)CN(c1ccc(F)cc1)S(=O)(=O)c1ccc(C)cc1)c1ccc(OC)cc1. The molecular formula is C25H27FN2O4S. The summed E-state index contributed by atoms with van der Waals surface area (Å²) >= 11 is 0. The number of carbonyl (C=O) groups excluding carboxylic acids is 1. The molecule has 0 aliphatic rings. The van der Waals surface area contributed by atoms with E-state index in [4.69, 9.17) is 4.74 Å². The number of anilines is 1. The number of hydrogen-bond acceptors (Lipinski definition) is 4. The van der Waals surface area contributed by atoms with E-state index in [-0.39, 0.29) is 16.6 Å². The highest BCUT2D eigenvalue weighted by Gasteiger charge is 2.28. The van der Waals surface area contributed by atoms with Gasteiger partial charge in [0.15, 0.2) is 0 Å². The van der Waals surface area contributed by atoms with Gasteiger partial charge in [0.1, 0.15) is 18.1 Å². The summed E-state index contributed by atoms with van der Waals surface area (Å²) < 4.78 is 46.4. The van der Waals surface area contributed by atoms with Crippen molar-refractivity contribution in [2.24, 2.45) is 0 Å². The van der Waals surface area contributed by atoms with Gasteiger partial charge in [0.05, 0.1) is 23.7 Å². The summed E-state index contributed by atoms with van der Waals surface area (Å²) in [4.78, 5) is 13.0. The Bertz CT molecular complexity index is 1180. The zero-order valence-electron chi connectivity index (χ0n) is 18.8. The Labute approximate surface area is 194 Å². The van der Waals surface area contributed by atoms with Crippen LogP contribution in [-0.2, 0) is 14.8 Å². The number of nitrogens with zero attached hydrogens (tertiary/aromatic N) is 1. The normalized spacial score (nSPS) is 12.1. The monoisotopic (exact) mass is 470 g/mol. The van der Waals surface area contributed by atoms with Gasteiger partial charge in [0, 0.05) is 0 Å². The van der Waals surface area contributed by atoms with Crippen molar-refractivity contribution in [3.63, 3.8) is 0 Å². The van der Waals surface area contributed by atoms with E-state index in [1.54, 1.807) is 31.4 Å². The van der Waals surface area contributed by atoms with E-state index in [2.05, 4.69) is 5.32 Å². The lowest BCUT2D eigenvalue weighted by atomic mass is 10.0. The fourth-order valence-electron chi connectivity index (χ4n) is 3.39. The molecule has 3 aromatic carbocycles. The van der Waals surface area contributed by atoms with E-state index >= 15 is 0 Å². The average Bonchev–Trinajstić information content (AvgIpc) is 2.82. The Morgan fingerprint density at radius 1 is 1.00 bits per heavy atom. The molecule has 0 aliphatic carbocycles. The van der Waals surface area contributed by atoms with Crippen LogP contribution < -0.4 is 14.4 Å². The molecule has 0 unspecified atom stereocenters. The summed E-state index contributed by atoms with van der Waals surface area (Å²) in [5, 5.41) is 2.90. The first-order valence-corrected chi connectivity index (χ1v) is 12.0. The summed E-state index contributed by atoms with van der Waals surface area (Å²) in [6.07, 6.45) is 0.610. The van der Waals surface area contributed by atoms with Gasteiger partial charge in [0.2, 0.25) is 5.91 Å². The van der Waals surface area contributed by atoms with Crippen molar-refractivity contribution < 1.29 is 22.3 Å². The molecule has 0 fully saturated rings. The van der Waals surface area contributed by atoms with Crippen molar-refractivity contribution in [3.8, 4) is 5.75 Å². The number of nitrogens with one attached hydrogen (secondary N) is 1. The summed E-state index contributed by atoms with van der Waals surface area (Å²) in [6.45, 7) is 3.33. The lowest BCUT2D eigenvalue weighted by Gasteiger charge is -2.26. The van der Waals surface area contributed by atoms with Gasteiger partial charge in [-0.2, -0.15) is 0 Å². The molecule has 3 aromatic rings. The summed E-state index contributed by atoms with van der Waals surface area (Å²) in [7, 11) is -2.49. The first kappa shape index (κ1) is 24.3. The lowest BCUT2D eigenvalue weighted by molar-refractivity contribution is -0.120. The number of carbonyl (C=O) groups is 1. The van der Waals surface area contributed by atoms with Crippen LogP contribution in [-0.4, -0.2) is 28.0 Å². The summed E-state index contributed by atoms with van der Waals surface area (Å²) in [6, 6.07) is 18.4. The van der Waals surface area contributed by atoms with Crippen LogP contribution in [0.1, 0.15) is 30.5 Å². The van der Waals surface area contributed by atoms with Crippen LogP contribution in [0.5, 0.6) is 5.75 Å². The van der Waals surface area contributed by atoms with E-state index in [9.17, 15) is 17.6 Å². The van der Waals surface area contributed by atoms with Gasteiger partial charge in [0.25, 0.3) is 10.0 Å². The predicted octanol–water partition coefficient (Wildman–Crippen LogP) is 4.61. The smallest absolute Gasteiger partial charge is 0.264 e. The molecule has 0 aromatic heterocycles. The Morgan fingerprint density at radius 2 is 1.61 bits per heavy atom. The third kappa shape index (κ3) is 5.90. The highest BCUT2D eigenvalue weighted by molar-refractivity contribution is 7.92. The predicted molar refractivity (Wildman–Crippen MR) is 126 cm³/mol. The van der Waals surface area contributed by atoms with Gasteiger partial charge >= 0.3 is 0 Å². The molecule has 0 heterocycles. The maximum atomic E-state index is 13.5. The van der Waals surface area contributed by atoms with Gasteiger partial charge < -0.3 is 10.1 Å². The molecule has 6 nitrogen and oxygen atoms in total. The van der Waals surface area contributed by atoms with Crippen molar-refractivity contribution >= 4 is 21.6 Å². The van der Waals surface area contributed by atoms with Crippen molar-refractivity contribution in [1.29, 1.82) is 0 Å². The van der Waals surface area contributed by atoms with Crippen molar-refractivity contribution in [2.75, 3.05) is 18.0 Å². The molecule has 0 spiro atoms. The van der Waals surface area contributed by atoms with Crippen LogP contribution in [0.3, 0.4) is 0 Å². The van der Waals surface area contributed by atoms with Crippen molar-refractivity contribution in [2.45, 2.75) is 31.2 Å². The maximum absolute atomic E-state index is 13.5. The number of sulfonamides is 1. The minimum absolute atomic E-state index is 0.0485. The Hall–Kier alpha value is -3.39. The van der Waals surface area contributed by atoms with Crippen LogP contribution in [0, 0.1) is 12.7 Å². The molecule has 174 valence electrons. The van der Waals surface area contributed by atoms with E-state index < -0.39 is 28.3 Å². The zero-order chi connectivity index (χ0) is 24.0. The number of ether oxygens (including phenoxy) is 1. The van der Waals surface area contributed by atoms with Crippen LogP contribution in [0.2, 0.25) is 0 Å². The molecule has 33 heavy (non-hydrogen) atoms. The number of halogens is 1. The molecule has 1 amide bonds. The first-order valence-electron chi connectivity index (χ1n) is 10.5. The molecule has 0 saturated heterocycles. The fraction of sp³-hybridized carbons (Fsp3) is 0.240. The molecular weight excluding hydrogens is 443 g/mol. The van der Waals surface area contributed by atoms with E-state index in [0.29, 0.717) is 12.2 Å². The van der Waals surface area contributed by atoms with E-state index in [1.807, 2.05) is 26.0 Å². The minimum atomic E-state index is -4.06. The van der Waals surface area contributed by atoms with Gasteiger partial charge in [-0.1, -0.05) is 36.8 Å². The average molecular weight is 471 g/mol. The fourth-order valence-corrected chi connectivity index (χ4v) is 4.81. The Morgan fingerprint density at radius 3 is 2.15 bits per heavy atom. The molecule has 1 atom stereocenters. The van der Waals surface area contributed by atoms with Crippen molar-refractivity contribution in [1.82, 2.24) is 5.32 Å². The number of hydrogen-bond donors (Lipinski definition) is 1. The van der Waals surface area contributed by atoms with E-state index in [0.717, 1.165) is 27.6 Å². The second kappa shape index (κ2) is 10.5. The summed E-state index contributed by atoms with van der Waals surface area (Å²) in [5.74, 6) is -0.272. The Balaban J connectivity index is 1.88. The van der Waals surface area contributed by atoms with E-state index in [1.165, 1.54) is 24.3 Å². The largest absolute Gasteiger partial charge is 0.497 e. The maximum Gasteiger partial charge on any atom is 0.264 e. The number of methoxy groups -OCH3 is 1. The number of aryl methyl sites for hydroxylation is 1. The molecule has 0 radical (unpaired) electrons. The number of benzene rings is 3. The number of amides is 1. The lowest BCUT2D eigenvalue weighted by Crippen LogP contribution is -2.42. The van der Waals surface area contributed by atoms with Gasteiger partial charge in [-0.05, 0) is 67.4 Å². The molecule has 3 rings (SSSR count). The second-order valence-electron chi connectivity index (χ2n) is 7.60. The third-order valence-corrected chi connectivity index (χ3v) is 7.06. The molecule has 8 heteroatoms. The van der Waals surface area contributed by atoms with Gasteiger partial charge in [-0.3, -0.25) is 9.10 Å². The zero-order valence-corrected chi connectivity index (χ0v) is 19.6. The first-order chi connectivity index (χ1) is 15.7. The third-order valence-electron chi connectivity index (χ3n) is 5.27. The quantitative estimate of drug-likeness (QED) is 0.496. The molecule has 0 aliphatic heterocycles. The Kier molecular flexibility index (Phi) is 7.71. The minimum Gasteiger partial charge on any atom is -0.497 e. The van der Waals surface area contributed by atoms with Crippen LogP contribution in [0.15, 0.2) is 77.7 Å². The second-order valence-corrected chi connectivity index (χ2v) is 9.46. The highest BCUT2D eigenvalue weighted by Crippen LogP contribution is 2.25. The molecule has 0 bridgehead atoms. The van der Waals surface area contributed by atoms with Crippen molar-refractivity contribution in [3.05, 3.63) is 89.7 Å². The van der Waals surface area contributed by atoms with Crippen LogP contribution in [0.4, 0.5) is 10.1 Å². The summed E-state index contributed by atoms with van der Waals surface area (Å²) in [5.41, 5.74) is 1.98. The van der Waals surface area contributed by atoms with Crippen LogP contribution in [0.25, 0.3) is 0 Å². The van der Waals surface area contributed by atoms with Gasteiger partial charge in [-0.15, -0.1) is 0 Å². The highest BCUT2D eigenvalue weighted by atomic mass is 32.2. The molecule has 1 N–H and O–H groups in total. The molecule has 0 saturated carbocycles.